The number of rotatable bonds is 5. The Labute approximate surface area is 123 Å². The highest BCUT2D eigenvalue weighted by Gasteiger charge is 2.13. The standard InChI is InChI=1S/C13H16N2O4.ClH/c16-13(5-6-14-7-9-19-10-8-14)11-1-3-12(4-2-11)15(17)18;/h1-4H,5-10H2;1H. The second-order valence-corrected chi connectivity index (χ2v) is 4.43. The molecule has 0 saturated carbocycles. The molecule has 1 heterocycles. The Morgan fingerprint density at radius 2 is 1.85 bits per heavy atom. The summed E-state index contributed by atoms with van der Waals surface area (Å²) in [5.74, 6) is 0.0152. The smallest absolute Gasteiger partial charge is 0.269 e. The van der Waals surface area contributed by atoms with Crippen molar-refractivity contribution in [3.05, 3.63) is 39.9 Å². The number of carbonyl (C=O) groups excluding carboxylic acids is 1. The van der Waals surface area contributed by atoms with Crippen LogP contribution in [0, 0.1) is 10.1 Å². The van der Waals surface area contributed by atoms with Gasteiger partial charge in [0.25, 0.3) is 5.69 Å². The maximum absolute atomic E-state index is 11.9. The number of ketones is 1. The molecule has 1 saturated heterocycles. The first kappa shape index (κ1) is 16.6. The van der Waals surface area contributed by atoms with Gasteiger partial charge in [-0.05, 0) is 12.1 Å². The fourth-order valence-corrected chi connectivity index (χ4v) is 2.00. The first-order chi connectivity index (χ1) is 9.16. The minimum atomic E-state index is -0.470. The molecule has 0 atom stereocenters. The van der Waals surface area contributed by atoms with Gasteiger partial charge in [0.05, 0.1) is 18.1 Å². The van der Waals surface area contributed by atoms with Crippen molar-refractivity contribution in [3.63, 3.8) is 0 Å². The van der Waals surface area contributed by atoms with E-state index in [1.807, 2.05) is 0 Å². The molecular weight excluding hydrogens is 284 g/mol. The molecule has 2 rings (SSSR count). The highest BCUT2D eigenvalue weighted by molar-refractivity contribution is 5.96. The highest BCUT2D eigenvalue weighted by Crippen LogP contribution is 2.13. The van der Waals surface area contributed by atoms with E-state index in [0.717, 1.165) is 13.1 Å². The molecule has 0 radical (unpaired) electrons. The molecule has 0 amide bonds. The maximum Gasteiger partial charge on any atom is 0.269 e. The topological polar surface area (TPSA) is 72.7 Å². The molecule has 0 aliphatic carbocycles. The van der Waals surface area contributed by atoms with Crippen LogP contribution in [-0.4, -0.2) is 48.5 Å². The van der Waals surface area contributed by atoms with Crippen LogP contribution in [0.5, 0.6) is 0 Å². The Morgan fingerprint density at radius 3 is 2.40 bits per heavy atom. The van der Waals surface area contributed by atoms with Gasteiger partial charge in [-0.2, -0.15) is 0 Å². The summed E-state index contributed by atoms with van der Waals surface area (Å²) >= 11 is 0. The zero-order valence-corrected chi connectivity index (χ0v) is 11.8. The van der Waals surface area contributed by atoms with E-state index in [-0.39, 0.29) is 23.9 Å². The summed E-state index contributed by atoms with van der Waals surface area (Å²) in [5, 5.41) is 10.5. The minimum absolute atomic E-state index is 0. The molecule has 1 fully saturated rings. The van der Waals surface area contributed by atoms with Gasteiger partial charge >= 0.3 is 0 Å². The third kappa shape index (κ3) is 4.56. The van der Waals surface area contributed by atoms with Crippen molar-refractivity contribution in [1.82, 2.24) is 4.90 Å². The normalized spacial score (nSPS) is 15.4. The van der Waals surface area contributed by atoms with Crippen LogP contribution in [0.2, 0.25) is 0 Å². The number of benzene rings is 1. The Kier molecular flexibility index (Phi) is 6.57. The summed E-state index contributed by atoms with van der Waals surface area (Å²) in [5.41, 5.74) is 0.531. The van der Waals surface area contributed by atoms with Gasteiger partial charge < -0.3 is 4.74 Å². The summed E-state index contributed by atoms with van der Waals surface area (Å²) in [7, 11) is 0. The summed E-state index contributed by atoms with van der Waals surface area (Å²) in [6, 6.07) is 5.75. The first-order valence-electron chi connectivity index (χ1n) is 6.24. The van der Waals surface area contributed by atoms with E-state index in [4.69, 9.17) is 4.74 Å². The Balaban J connectivity index is 0.00000200. The lowest BCUT2D eigenvalue weighted by Gasteiger charge is -2.26. The quantitative estimate of drug-likeness (QED) is 0.472. The van der Waals surface area contributed by atoms with Gasteiger partial charge in [-0.1, -0.05) is 0 Å². The molecule has 0 spiro atoms. The predicted octanol–water partition coefficient (Wildman–Crippen LogP) is 1.92. The van der Waals surface area contributed by atoms with Gasteiger partial charge in [0.15, 0.2) is 5.78 Å². The number of nitrogens with zero attached hydrogens (tertiary/aromatic N) is 2. The van der Waals surface area contributed by atoms with E-state index in [0.29, 0.717) is 31.7 Å². The summed E-state index contributed by atoms with van der Waals surface area (Å²) in [6.07, 6.45) is 0.428. The van der Waals surface area contributed by atoms with E-state index in [9.17, 15) is 14.9 Å². The van der Waals surface area contributed by atoms with E-state index in [1.54, 1.807) is 0 Å². The van der Waals surface area contributed by atoms with E-state index in [2.05, 4.69) is 4.90 Å². The number of hydrogen-bond acceptors (Lipinski definition) is 5. The number of Topliss-reactive ketones (excluding diaryl/α,β-unsaturated/α-hetero) is 1. The van der Waals surface area contributed by atoms with Gasteiger partial charge in [-0.25, -0.2) is 0 Å². The molecule has 7 heteroatoms. The third-order valence-corrected chi connectivity index (χ3v) is 3.16. The molecule has 20 heavy (non-hydrogen) atoms. The Bertz CT molecular complexity index is 458. The fourth-order valence-electron chi connectivity index (χ4n) is 2.00. The lowest BCUT2D eigenvalue weighted by molar-refractivity contribution is -0.384. The van der Waals surface area contributed by atoms with Crippen molar-refractivity contribution in [2.75, 3.05) is 32.8 Å². The fraction of sp³-hybridized carbons (Fsp3) is 0.462. The van der Waals surface area contributed by atoms with Crippen molar-refractivity contribution in [2.24, 2.45) is 0 Å². The molecule has 1 aromatic carbocycles. The average Bonchev–Trinajstić information content (AvgIpc) is 2.46. The van der Waals surface area contributed by atoms with Gasteiger partial charge in [0, 0.05) is 43.8 Å². The van der Waals surface area contributed by atoms with E-state index >= 15 is 0 Å². The van der Waals surface area contributed by atoms with E-state index in [1.165, 1.54) is 24.3 Å². The van der Waals surface area contributed by atoms with Gasteiger partial charge in [0.2, 0.25) is 0 Å². The molecule has 0 bridgehead atoms. The first-order valence-corrected chi connectivity index (χ1v) is 6.24. The second-order valence-electron chi connectivity index (χ2n) is 4.43. The molecule has 1 aliphatic heterocycles. The van der Waals surface area contributed by atoms with E-state index < -0.39 is 4.92 Å². The average molecular weight is 301 g/mol. The van der Waals surface area contributed by atoms with Gasteiger partial charge in [-0.15, -0.1) is 12.4 Å². The lowest BCUT2D eigenvalue weighted by Crippen LogP contribution is -2.37. The highest BCUT2D eigenvalue weighted by atomic mass is 35.5. The summed E-state index contributed by atoms with van der Waals surface area (Å²) < 4.78 is 5.24. The van der Waals surface area contributed by atoms with Crippen molar-refractivity contribution in [3.8, 4) is 0 Å². The van der Waals surface area contributed by atoms with Crippen LogP contribution in [0.1, 0.15) is 16.8 Å². The predicted molar refractivity (Wildman–Crippen MR) is 76.6 cm³/mol. The van der Waals surface area contributed by atoms with Gasteiger partial charge in [0.1, 0.15) is 0 Å². The van der Waals surface area contributed by atoms with Crippen molar-refractivity contribution >= 4 is 23.9 Å². The van der Waals surface area contributed by atoms with Crippen LogP contribution < -0.4 is 0 Å². The Hall–Kier alpha value is -1.50. The molecule has 1 aromatic rings. The number of hydrogen-bond donors (Lipinski definition) is 0. The maximum atomic E-state index is 11.9. The monoisotopic (exact) mass is 300 g/mol. The van der Waals surface area contributed by atoms with Crippen LogP contribution in [0.3, 0.4) is 0 Å². The Morgan fingerprint density at radius 1 is 1.25 bits per heavy atom. The van der Waals surface area contributed by atoms with Crippen LogP contribution >= 0.6 is 12.4 Å². The number of nitro groups is 1. The number of ether oxygens (including phenoxy) is 1. The van der Waals surface area contributed by atoms with Crippen molar-refractivity contribution < 1.29 is 14.5 Å². The molecule has 1 aliphatic rings. The molecular formula is C13H17ClN2O4. The van der Waals surface area contributed by atoms with Crippen LogP contribution in [0.4, 0.5) is 5.69 Å². The SMILES string of the molecule is Cl.O=C(CCN1CCOCC1)c1ccc([N+](=O)[O-])cc1. The largest absolute Gasteiger partial charge is 0.379 e. The molecule has 0 aromatic heterocycles. The molecule has 0 N–H and O–H groups in total. The second kappa shape index (κ2) is 7.94. The molecule has 0 unspecified atom stereocenters. The summed E-state index contributed by atoms with van der Waals surface area (Å²) in [4.78, 5) is 24.2. The number of non-ortho nitro benzene ring substituents is 1. The van der Waals surface area contributed by atoms with Crippen LogP contribution in [0.25, 0.3) is 0 Å². The van der Waals surface area contributed by atoms with Crippen LogP contribution in [0.15, 0.2) is 24.3 Å². The lowest BCUT2D eigenvalue weighted by atomic mass is 10.1. The van der Waals surface area contributed by atoms with Crippen molar-refractivity contribution in [1.29, 1.82) is 0 Å². The zero-order chi connectivity index (χ0) is 13.7. The zero-order valence-electron chi connectivity index (χ0n) is 11.0. The van der Waals surface area contributed by atoms with Crippen molar-refractivity contribution in [2.45, 2.75) is 6.42 Å². The van der Waals surface area contributed by atoms with Gasteiger partial charge in [-0.3, -0.25) is 19.8 Å². The minimum Gasteiger partial charge on any atom is -0.379 e. The summed E-state index contributed by atoms with van der Waals surface area (Å²) in [6.45, 7) is 3.84. The number of carbonyl (C=O) groups is 1. The number of halogens is 1. The van der Waals surface area contributed by atoms with Crippen LogP contribution in [-0.2, 0) is 4.74 Å². The molecule has 110 valence electrons. The molecule has 6 nitrogen and oxygen atoms in total. The third-order valence-electron chi connectivity index (χ3n) is 3.16. The number of morpholine rings is 1. The number of nitro benzene ring substituents is 1.